The van der Waals surface area contributed by atoms with Gasteiger partial charge in [0.15, 0.2) is 0 Å². The average molecular weight is 547 g/mol. The molecule has 2 heterocycles. The maximum Gasteiger partial charge on any atom is 0.241 e. The van der Waals surface area contributed by atoms with Crippen LogP contribution in [0.5, 0.6) is 5.75 Å². The lowest BCUT2D eigenvalue weighted by molar-refractivity contribution is -0.136. The molecule has 5 rings (SSSR count). The smallest absolute Gasteiger partial charge is 0.241 e. The van der Waals surface area contributed by atoms with E-state index in [0.717, 1.165) is 83.3 Å². The van der Waals surface area contributed by atoms with E-state index >= 15 is 0 Å². The second kappa shape index (κ2) is 13.1. The van der Waals surface area contributed by atoms with Gasteiger partial charge in [-0.1, -0.05) is 36.4 Å². The van der Waals surface area contributed by atoms with Gasteiger partial charge in [-0.2, -0.15) is 0 Å². The van der Waals surface area contributed by atoms with Gasteiger partial charge in [0.25, 0.3) is 0 Å². The van der Waals surface area contributed by atoms with E-state index in [2.05, 4.69) is 77.9 Å². The van der Waals surface area contributed by atoms with E-state index in [0.29, 0.717) is 25.1 Å². The Morgan fingerprint density at radius 1 is 0.975 bits per heavy atom. The molecule has 0 aromatic heterocycles. The topological polar surface area (TPSA) is 73.9 Å². The Kier molecular flexibility index (Phi) is 9.30. The average Bonchev–Trinajstić information content (AvgIpc) is 3.34. The minimum absolute atomic E-state index is 0.147. The molecule has 3 aliphatic rings. The van der Waals surface area contributed by atoms with Crippen LogP contribution in [0.1, 0.15) is 63.5 Å². The summed E-state index contributed by atoms with van der Waals surface area (Å²) in [6.45, 7) is 8.68. The standard InChI is InChI=1S/C33H46N4O3/c1-3-36(4-2)31(38)27-15-13-25(14-16-27)23-28-10-6-8-12-30(28)40-22-17-26-9-5-7-11-29(26)37-20-18-33(19-21-37)32(39)34-24-35-33/h5-12,25,27,35H,3-4,13-24H2,1-2H3,(H,34,39). The number of rotatable bonds is 10. The first kappa shape index (κ1) is 28.5. The highest BCUT2D eigenvalue weighted by Crippen LogP contribution is 2.34. The summed E-state index contributed by atoms with van der Waals surface area (Å²) in [5, 5.41) is 6.32. The Bertz CT molecular complexity index is 1150. The number of hydrogen-bond acceptors (Lipinski definition) is 5. The largest absolute Gasteiger partial charge is 0.493 e. The van der Waals surface area contributed by atoms with Crippen molar-refractivity contribution in [3.8, 4) is 5.75 Å². The van der Waals surface area contributed by atoms with Crippen LogP contribution in [0.25, 0.3) is 0 Å². The molecule has 2 N–H and O–H groups in total. The van der Waals surface area contributed by atoms with Gasteiger partial charge >= 0.3 is 0 Å². The number of ether oxygens (including phenoxy) is 1. The predicted molar refractivity (Wildman–Crippen MR) is 159 cm³/mol. The Morgan fingerprint density at radius 2 is 1.65 bits per heavy atom. The fraction of sp³-hybridized carbons (Fsp3) is 0.576. The van der Waals surface area contributed by atoms with Gasteiger partial charge in [-0.3, -0.25) is 14.9 Å². The van der Waals surface area contributed by atoms with Crippen molar-refractivity contribution in [1.82, 2.24) is 15.5 Å². The van der Waals surface area contributed by atoms with Gasteiger partial charge in [-0.25, -0.2) is 0 Å². The van der Waals surface area contributed by atoms with Crippen LogP contribution in [0.3, 0.4) is 0 Å². The van der Waals surface area contributed by atoms with Gasteiger partial charge in [-0.05, 0) is 88.0 Å². The van der Waals surface area contributed by atoms with Gasteiger partial charge < -0.3 is 19.9 Å². The van der Waals surface area contributed by atoms with Crippen molar-refractivity contribution in [3.05, 3.63) is 59.7 Å². The van der Waals surface area contributed by atoms with Gasteiger partial charge in [0.2, 0.25) is 11.8 Å². The Hall–Kier alpha value is -3.06. The highest BCUT2D eigenvalue weighted by molar-refractivity contribution is 5.88. The summed E-state index contributed by atoms with van der Waals surface area (Å²) in [5.74, 6) is 2.27. The summed E-state index contributed by atoms with van der Waals surface area (Å²) in [5.41, 5.74) is 3.43. The SMILES string of the molecule is CCN(CC)C(=O)C1CCC(Cc2ccccc2OCCc2ccccc2N2CCC3(CC2)NCNC3=O)CC1. The minimum atomic E-state index is -0.390. The van der Waals surface area contributed by atoms with Crippen LogP contribution in [-0.4, -0.2) is 61.7 Å². The molecule has 2 aromatic rings. The van der Waals surface area contributed by atoms with Crippen molar-refractivity contribution >= 4 is 17.5 Å². The molecule has 1 saturated carbocycles. The van der Waals surface area contributed by atoms with Crippen molar-refractivity contribution in [2.24, 2.45) is 11.8 Å². The van der Waals surface area contributed by atoms with E-state index in [9.17, 15) is 9.59 Å². The number of para-hydroxylation sites is 2. The third-order valence-corrected chi connectivity index (χ3v) is 9.44. The molecule has 2 saturated heterocycles. The number of amides is 2. The van der Waals surface area contributed by atoms with E-state index in [1.54, 1.807) is 0 Å². The molecule has 0 unspecified atom stereocenters. The highest BCUT2D eigenvalue weighted by Gasteiger charge is 2.44. The number of hydrogen-bond donors (Lipinski definition) is 2. The Labute approximate surface area is 239 Å². The fourth-order valence-corrected chi connectivity index (χ4v) is 6.91. The molecular formula is C33H46N4O3. The first-order valence-electron chi connectivity index (χ1n) is 15.4. The summed E-state index contributed by atoms with van der Waals surface area (Å²) < 4.78 is 6.39. The lowest BCUT2D eigenvalue weighted by Gasteiger charge is -2.39. The zero-order chi connectivity index (χ0) is 28.0. The summed E-state index contributed by atoms with van der Waals surface area (Å²) in [4.78, 5) is 29.6. The van der Waals surface area contributed by atoms with Crippen LogP contribution >= 0.6 is 0 Å². The van der Waals surface area contributed by atoms with E-state index in [-0.39, 0.29) is 11.8 Å². The number of carbonyl (C=O) groups is 2. The molecule has 3 fully saturated rings. The molecule has 2 aromatic carbocycles. The van der Waals surface area contributed by atoms with Crippen LogP contribution in [0.15, 0.2) is 48.5 Å². The number of anilines is 1. The molecule has 40 heavy (non-hydrogen) atoms. The highest BCUT2D eigenvalue weighted by atomic mass is 16.5. The first-order valence-corrected chi connectivity index (χ1v) is 15.4. The lowest BCUT2D eigenvalue weighted by atomic mass is 9.78. The Morgan fingerprint density at radius 3 is 2.33 bits per heavy atom. The molecule has 0 atom stereocenters. The van der Waals surface area contributed by atoms with Gasteiger partial charge in [0.05, 0.1) is 13.3 Å². The predicted octanol–water partition coefficient (Wildman–Crippen LogP) is 4.54. The fourth-order valence-electron chi connectivity index (χ4n) is 6.91. The molecule has 1 spiro atoms. The van der Waals surface area contributed by atoms with Gasteiger partial charge in [-0.15, -0.1) is 0 Å². The van der Waals surface area contributed by atoms with Crippen molar-refractivity contribution in [2.45, 2.75) is 70.8 Å². The molecule has 2 aliphatic heterocycles. The third-order valence-electron chi connectivity index (χ3n) is 9.44. The summed E-state index contributed by atoms with van der Waals surface area (Å²) in [6.07, 6.45) is 7.70. The monoisotopic (exact) mass is 546 g/mol. The van der Waals surface area contributed by atoms with E-state index < -0.39 is 5.54 Å². The van der Waals surface area contributed by atoms with Crippen molar-refractivity contribution in [1.29, 1.82) is 0 Å². The van der Waals surface area contributed by atoms with Crippen molar-refractivity contribution in [2.75, 3.05) is 44.4 Å². The molecule has 216 valence electrons. The lowest BCUT2D eigenvalue weighted by Crippen LogP contribution is -2.54. The maximum atomic E-state index is 12.8. The summed E-state index contributed by atoms with van der Waals surface area (Å²) >= 11 is 0. The number of benzene rings is 2. The number of piperidine rings is 1. The minimum Gasteiger partial charge on any atom is -0.493 e. The molecule has 1 aliphatic carbocycles. The molecule has 7 nitrogen and oxygen atoms in total. The third kappa shape index (κ3) is 6.30. The van der Waals surface area contributed by atoms with Crippen LogP contribution in [0, 0.1) is 11.8 Å². The van der Waals surface area contributed by atoms with Gasteiger partial charge in [0.1, 0.15) is 11.3 Å². The normalized spacial score (nSPS) is 22.2. The van der Waals surface area contributed by atoms with E-state index in [1.807, 2.05) is 4.90 Å². The number of nitrogens with one attached hydrogen (secondary N) is 2. The Balaban J connectivity index is 1.14. The zero-order valence-electron chi connectivity index (χ0n) is 24.3. The summed E-state index contributed by atoms with van der Waals surface area (Å²) in [7, 11) is 0. The second-order valence-electron chi connectivity index (χ2n) is 11.7. The van der Waals surface area contributed by atoms with Crippen LogP contribution in [0.2, 0.25) is 0 Å². The van der Waals surface area contributed by atoms with Gasteiger partial charge in [0, 0.05) is 44.2 Å². The maximum absolute atomic E-state index is 12.8. The van der Waals surface area contributed by atoms with E-state index in [1.165, 1.54) is 16.8 Å². The number of nitrogens with zero attached hydrogens (tertiary/aromatic N) is 2. The van der Waals surface area contributed by atoms with E-state index in [4.69, 9.17) is 4.74 Å². The molecule has 0 bridgehead atoms. The summed E-state index contributed by atoms with van der Waals surface area (Å²) in [6, 6.07) is 17.1. The van der Waals surface area contributed by atoms with Crippen molar-refractivity contribution < 1.29 is 14.3 Å². The first-order chi connectivity index (χ1) is 19.5. The second-order valence-corrected chi connectivity index (χ2v) is 11.7. The molecule has 0 radical (unpaired) electrons. The molecule has 2 amide bonds. The molecular weight excluding hydrogens is 500 g/mol. The van der Waals surface area contributed by atoms with Crippen molar-refractivity contribution in [3.63, 3.8) is 0 Å². The quantitative estimate of drug-likeness (QED) is 0.458. The van der Waals surface area contributed by atoms with Crippen LogP contribution in [-0.2, 0) is 22.4 Å². The zero-order valence-corrected chi connectivity index (χ0v) is 24.3. The molecule has 7 heteroatoms. The number of carbonyl (C=O) groups excluding carboxylic acids is 2. The van der Waals surface area contributed by atoms with Crippen LogP contribution < -0.4 is 20.3 Å². The van der Waals surface area contributed by atoms with Crippen LogP contribution in [0.4, 0.5) is 5.69 Å².